The molecular weight excluding hydrogens is 585 g/mol. The summed E-state index contributed by atoms with van der Waals surface area (Å²) in [5, 5.41) is 0. The van der Waals surface area contributed by atoms with Crippen molar-refractivity contribution in [1.82, 2.24) is 0 Å². The van der Waals surface area contributed by atoms with E-state index in [0.29, 0.717) is 23.7 Å². The van der Waals surface area contributed by atoms with Crippen LogP contribution in [0.3, 0.4) is 0 Å². The number of para-hydroxylation sites is 6. The van der Waals surface area contributed by atoms with E-state index < -0.39 is 0 Å². The maximum absolute atomic E-state index is 2.55. The molecule has 48 heavy (non-hydrogen) atoms. The summed E-state index contributed by atoms with van der Waals surface area (Å²) in [7, 11) is 0. The molecule has 0 aromatic heterocycles. The van der Waals surface area contributed by atoms with Crippen LogP contribution >= 0.6 is 0 Å². The molecule has 0 N–H and O–H groups in total. The predicted molar refractivity (Wildman–Crippen MR) is 207 cm³/mol. The van der Waals surface area contributed by atoms with E-state index >= 15 is 0 Å². The lowest BCUT2D eigenvalue weighted by molar-refractivity contribution is 0.818. The van der Waals surface area contributed by atoms with Gasteiger partial charge < -0.3 is 19.6 Å². The summed E-state index contributed by atoms with van der Waals surface area (Å²) < 4.78 is 0. The first-order chi connectivity index (χ1) is 23.2. The van der Waals surface area contributed by atoms with Crippen molar-refractivity contribution in [2.45, 2.75) is 79.1 Å². The Kier molecular flexibility index (Phi) is 8.45. The van der Waals surface area contributed by atoms with Crippen molar-refractivity contribution in [3.63, 3.8) is 0 Å². The lowest BCUT2D eigenvalue weighted by Crippen LogP contribution is -2.27. The fraction of sp³-hybridized carbons (Fsp3) is 0.318. The molecule has 0 saturated heterocycles. The second-order valence-electron chi connectivity index (χ2n) is 14.7. The van der Waals surface area contributed by atoms with Crippen molar-refractivity contribution >= 4 is 45.5 Å². The molecule has 0 atom stereocenters. The third kappa shape index (κ3) is 5.41. The molecule has 0 radical (unpaired) electrons. The Labute approximate surface area is 288 Å². The van der Waals surface area contributed by atoms with Crippen LogP contribution in [0.15, 0.2) is 109 Å². The van der Waals surface area contributed by atoms with Gasteiger partial charge in [0.25, 0.3) is 0 Å². The van der Waals surface area contributed by atoms with E-state index in [-0.39, 0.29) is 0 Å². The molecule has 7 rings (SSSR count). The summed E-state index contributed by atoms with van der Waals surface area (Å²) in [5.74, 6) is 1.72. The smallest absolute Gasteiger partial charge is 0.100 e. The minimum atomic E-state index is 0.429. The highest BCUT2D eigenvalue weighted by Crippen LogP contribution is 2.51. The SMILES string of the molecule is CC(C)c1cccc(C(C)C)c1N1CN(c2cccc(N3CN(c4c(C(C)C)cccc4C(C)C)c4ccccc43)c2)c2ccccc21. The Bertz CT molecular complexity index is 1750. The van der Waals surface area contributed by atoms with Crippen LogP contribution in [0.25, 0.3) is 0 Å². The zero-order chi connectivity index (χ0) is 33.7. The van der Waals surface area contributed by atoms with Crippen LogP contribution in [-0.2, 0) is 0 Å². The highest BCUT2D eigenvalue weighted by Gasteiger charge is 2.34. The van der Waals surface area contributed by atoms with Crippen molar-refractivity contribution in [2.75, 3.05) is 32.9 Å². The first-order valence-electron chi connectivity index (χ1n) is 17.8. The standard InChI is InChI=1S/C44H50N4/c1-29(2)35-18-14-19-36(30(3)4)43(35)47-27-45(39-22-9-11-24-41(39)47)33-16-13-17-34(26-33)46-28-48(42-25-12-10-23-40(42)46)44-37(31(5)6)20-15-21-38(44)32(7)8/h9-26,29-32H,27-28H2,1-8H3. The van der Waals surface area contributed by atoms with E-state index in [0.717, 1.165) is 13.3 Å². The van der Waals surface area contributed by atoms with Gasteiger partial charge in [0.05, 0.1) is 22.7 Å². The van der Waals surface area contributed by atoms with Crippen molar-refractivity contribution in [2.24, 2.45) is 0 Å². The second-order valence-corrected chi connectivity index (χ2v) is 14.7. The summed E-state index contributed by atoms with van der Waals surface area (Å²) in [6.45, 7) is 20.0. The van der Waals surface area contributed by atoms with Crippen LogP contribution in [0.4, 0.5) is 45.5 Å². The molecule has 5 aromatic carbocycles. The molecular formula is C44H50N4. The third-order valence-corrected chi connectivity index (χ3v) is 10.2. The van der Waals surface area contributed by atoms with E-state index in [2.05, 4.69) is 184 Å². The molecule has 2 aliphatic heterocycles. The molecule has 0 spiro atoms. The van der Waals surface area contributed by atoms with Crippen LogP contribution in [0.1, 0.15) is 101 Å². The van der Waals surface area contributed by atoms with E-state index in [4.69, 9.17) is 0 Å². The van der Waals surface area contributed by atoms with Gasteiger partial charge in [-0.3, -0.25) is 0 Å². The molecule has 0 aliphatic carbocycles. The van der Waals surface area contributed by atoms with Crippen LogP contribution in [0, 0.1) is 0 Å². The molecule has 246 valence electrons. The highest BCUT2D eigenvalue weighted by molar-refractivity contribution is 5.92. The third-order valence-electron chi connectivity index (χ3n) is 10.2. The van der Waals surface area contributed by atoms with Gasteiger partial charge in [0.2, 0.25) is 0 Å². The van der Waals surface area contributed by atoms with Gasteiger partial charge in [0.1, 0.15) is 13.3 Å². The lowest BCUT2D eigenvalue weighted by atomic mass is 9.92. The number of rotatable bonds is 8. The van der Waals surface area contributed by atoms with Gasteiger partial charge >= 0.3 is 0 Å². The Morgan fingerprint density at radius 3 is 0.958 bits per heavy atom. The van der Waals surface area contributed by atoms with Crippen LogP contribution in [0.5, 0.6) is 0 Å². The first-order valence-corrected chi connectivity index (χ1v) is 17.8. The molecule has 2 heterocycles. The van der Waals surface area contributed by atoms with Gasteiger partial charge in [0.15, 0.2) is 0 Å². The van der Waals surface area contributed by atoms with Crippen molar-refractivity contribution in [3.8, 4) is 0 Å². The van der Waals surface area contributed by atoms with Gasteiger partial charge in [-0.15, -0.1) is 0 Å². The van der Waals surface area contributed by atoms with Crippen LogP contribution < -0.4 is 19.6 Å². The van der Waals surface area contributed by atoms with E-state index in [1.807, 2.05) is 0 Å². The number of nitrogens with zero attached hydrogens (tertiary/aromatic N) is 4. The summed E-state index contributed by atoms with van der Waals surface area (Å²) in [6.07, 6.45) is 0. The molecule has 0 unspecified atom stereocenters. The van der Waals surface area contributed by atoms with Crippen molar-refractivity contribution < 1.29 is 0 Å². The number of hydrogen-bond donors (Lipinski definition) is 0. The molecule has 0 fully saturated rings. The molecule has 0 bridgehead atoms. The van der Waals surface area contributed by atoms with Crippen molar-refractivity contribution in [3.05, 3.63) is 131 Å². The Morgan fingerprint density at radius 2 is 0.646 bits per heavy atom. The monoisotopic (exact) mass is 634 g/mol. The Balaban J connectivity index is 1.30. The average molecular weight is 635 g/mol. The van der Waals surface area contributed by atoms with Gasteiger partial charge in [-0.05, 0) is 88.4 Å². The normalized spacial score (nSPS) is 14.2. The quantitative estimate of drug-likeness (QED) is 0.168. The van der Waals surface area contributed by atoms with Gasteiger partial charge in [0, 0.05) is 22.7 Å². The molecule has 4 nitrogen and oxygen atoms in total. The molecule has 5 aromatic rings. The minimum Gasteiger partial charge on any atom is -0.321 e. The molecule has 0 saturated carbocycles. The molecule has 2 aliphatic rings. The number of fused-ring (bicyclic) bond motifs is 2. The summed E-state index contributed by atoms with van der Waals surface area (Å²) in [4.78, 5) is 10.1. The average Bonchev–Trinajstić information content (AvgIpc) is 3.67. The highest BCUT2D eigenvalue weighted by atomic mass is 15.4. The fourth-order valence-electron chi connectivity index (χ4n) is 7.73. The fourth-order valence-corrected chi connectivity index (χ4v) is 7.73. The van der Waals surface area contributed by atoms with Gasteiger partial charge in [-0.25, -0.2) is 0 Å². The van der Waals surface area contributed by atoms with Crippen molar-refractivity contribution in [1.29, 1.82) is 0 Å². The van der Waals surface area contributed by atoms with Crippen LogP contribution in [0.2, 0.25) is 0 Å². The minimum absolute atomic E-state index is 0.429. The number of benzene rings is 5. The zero-order valence-corrected chi connectivity index (χ0v) is 29.9. The second kappa shape index (κ2) is 12.7. The number of hydrogen-bond acceptors (Lipinski definition) is 4. The first kappa shape index (κ1) is 31.9. The summed E-state index contributed by atoms with van der Waals surface area (Å²) in [5.41, 5.74) is 15.8. The predicted octanol–water partition coefficient (Wildman–Crippen LogP) is 12.7. The van der Waals surface area contributed by atoms with E-state index in [1.54, 1.807) is 0 Å². The summed E-state index contributed by atoms with van der Waals surface area (Å²) in [6, 6.07) is 40.7. The van der Waals surface area contributed by atoms with Gasteiger partial charge in [-0.1, -0.05) is 122 Å². The number of anilines is 8. The maximum Gasteiger partial charge on any atom is 0.100 e. The topological polar surface area (TPSA) is 13.0 Å². The Morgan fingerprint density at radius 1 is 0.354 bits per heavy atom. The molecule has 0 amide bonds. The molecule has 4 heteroatoms. The maximum atomic E-state index is 2.55. The largest absolute Gasteiger partial charge is 0.321 e. The lowest BCUT2D eigenvalue weighted by Gasteiger charge is -2.30. The zero-order valence-electron chi connectivity index (χ0n) is 29.9. The van der Waals surface area contributed by atoms with Crippen LogP contribution in [-0.4, -0.2) is 13.3 Å². The Hall–Kier alpha value is -4.70. The van der Waals surface area contributed by atoms with E-state index in [9.17, 15) is 0 Å². The van der Waals surface area contributed by atoms with E-state index in [1.165, 1.54) is 67.8 Å². The van der Waals surface area contributed by atoms with Gasteiger partial charge in [-0.2, -0.15) is 0 Å². The summed E-state index contributed by atoms with van der Waals surface area (Å²) >= 11 is 0.